The molecule has 0 spiro atoms. The van der Waals surface area contributed by atoms with Crippen LogP contribution < -0.4 is 10.6 Å². The Balaban J connectivity index is 0.00000361. The fourth-order valence-corrected chi connectivity index (χ4v) is 1.80. The summed E-state index contributed by atoms with van der Waals surface area (Å²) in [5.74, 6) is 0.819. The van der Waals surface area contributed by atoms with Crippen LogP contribution in [0.25, 0.3) is 0 Å². The number of ether oxygens (including phenoxy) is 1. The first kappa shape index (κ1) is 19.7. The van der Waals surface area contributed by atoms with Gasteiger partial charge in [0.2, 0.25) is 0 Å². The van der Waals surface area contributed by atoms with Crippen LogP contribution in [0.15, 0.2) is 33.7 Å². The molecule has 0 fully saturated rings. The van der Waals surface area contributed by atoms with Crippen molar-refractivity contribution in [1.82, 2.24) is 10.6 Å². The van der Waals surface area contributed by atoms with Crippen LogP contribution in [0, 0.1) is 0 Å². The second-order valence-corrected chi connectivity index (χ2v) is 4.95. The Morgan fingerprint density at radius 2 is 1.95 bits per heavy atom. The van der Waals surface area contributed by atoms with Gasteiger partial charge in [0, 0.05) is 37.8 Å². The van der Waals surface area contributed by atoms with E-state index in [4.69, 9.17) is 4.74 Å². The normalized spacial score (nSPS) is 10.8. The monoisotopic (exact) mass is 455 g/mol. The third-order valence-corrected chi connectivity index (χ3v) is 3.09. The predicted octanol–water partition coefficient (Wildman–Crippen LogP) is 3.16. The summed E-state index contributed by atoms with van der Waals surface area (Å²) in [5.41, 5.74) is 1.22. The molecule has 114 valence electrons. The van der Waals surface area contributed by atoms with Crippen LogP contribution >= 0.6 is 39.9 Å². The lowest BCUT2D eigenvalue weighted by molar-refractivity contribution is 0.145. The van der Waals surface area contributed by atoms with Crippen molar-refractivity contribution in [3.8, 4) is 0 Å². The highest BCUT2D eigenvalue weighted by atomic mass is 127. The topological polar surface area (TPSA) is 45.6 Å². The van der Waals surface area contributed by atoms with Crippen LogP contribution in [-0.2, 0) is 11.3 Å². The first-order valence-corrected chi connectivity index (χ1v) is 7.32. The summed E-state index contributed by atoms with van der Waals surface area (Å²) in [6.07, 6.45) is 0.979. The van der Waals surface area contributed by atoms with Crippen LogP contribution in [0.2, 0.25) is 0 Å². The van der Waals surface area contributed by atoms with Crippen molar-refractivity contribution in [1.29, 1.82) is 0 Å². The maximum absolute atomic E-state index is 5.28. The SMILES string of the molecule is CCOCCCNC(=NC)NCc1ccc(Br)cc1.I. The molecule has 1 rings (SSSR count). The van der Waals surface area contributed by atoms with Crippen LogP contribution in [0.1, 0.15) is 18.9 Å². The van der Waals surface area contributed by atoms with Crippen molar-refractivity contribution in [3.63, 3.8) is 0 Å². The van der Waals surface area contributed by atoms with E-state index in [-0.39, 0.29) is 24.0 Å². The number of halogens is 2. The molecule has 0 heterocycles. The summed E-state index contributed by atoms with van der Waals surface area (Å²) < 4.78 is 6.38. The number of nitrogens with one attached hydrogen (secondary N) is 2. The van der Waals surface area contributed by atoms with Crippen LogP contribution in [0.5, 0.6) is 0 Å². The molecule has 1 aromatic carbocycles. The molecule has 2 N–H and O–H groups in total. The zero-order chi connectivity index (χ0) is 13.9. The number of aliphatic imine (C=N–C) groups is 1. The largest absolute Gasteiger partial charge is 0.382 e. The molecule has 0 aliphatic heterocycles. The van der Waals surface area contributed by atoms with Gasteiger partial charge >= 0.3 is 0 Å². The van der Waals surface area contributed by atoms with Gasteiger partial charge in [0.05, 0.1) is 0 Å². The van der Waals surface area contributed by atoms with Gasteiger partial charge in [0.25, 0.3) is 0 Å². The van der Waals surface area contributed by atoms with Gasteiger partial charge in [-0.15, -0.1) is 24.0 Å². The molecule has 0 aromatic heterocycles. The molecular weight excluding hydrogens is 433 g/mol. The van der Waals surface area contributed by atoms with Gasteiger partial charge in [-0.1, -0.05) is 28.1 Å². The standard InChI is InChI=1S/C14H22BrN3O.HI/c1-3-19-10-4-9-17-14(16-2)18-11-12-5-7-13(15)8-6-12;/h5-8H,3-4,9-11H2,1-2H3,(H2,16,17,18);1H. The molecule has 0 aliphatic rings. The molecule has 0 radical (unpaired) electrons. The van der Waals surface area contributed by atoms with Gasteiger partial charge in [-0.25, -0.2) is 0 Å². The predicted molar refractivity (Wildman–Crippen MR) is 98.9 cm³/mol. The summed E-state index contributed by atoms with van der Waals surface area (Å²) in [6, 6.07) is 8.24. The molecule has 0 saturated heterocycles. The molecule has 0 atom stereocenters. The van der Waals surface area contributed by atoms with Crippen molar-refractivity contribution in [2.24, 2.45) is 4.99 Å². The number of guanidine groups is 1. The molecule has 0 unspecified atom stereocenters. The van der Waals surface area contributed by atoms with Gasteiger partial charge in [-0.3, -0.25) is 4.99 Å². The molecule has 1 aromatic rings. The zero-order valence-electron chi connectivity index (χ0n) is 12.0. The number of nitrogens with zero attached hydrogens (tertiary/aromatic N) is 1. The van der Waals surface area contributed by atoms with Crippen molar-refractivity contribution in [2.45, 2.75) is 19.9 Å². The molecule has 4 nitrogen and oxygen atoms in total. The van der Waals surface area contributed by atoms with Crippen molar-refractivity contribution >= 4 is 45.9 Å². The van der Waals surface area contributed by atoms with Crippen molar-refractivity contribution < 1.29 is 4.74 Å². The van der Waals surface area contributed by atoms with Gasteiger partial charge in [0.15, 0.2) is 5.96 Å². The number of benzene rings is 1. The first-order chi connectivity index (χ1) is 9.26. The quantitative estimate of drug-likeness (QED) is 0.287. The second-order valence-electron chi connectivity index (χ2n) is 4.03. The van der Waals surface area contributed by atoms with E-state index in [0.717, 1.165) is 43.2 Å². The fraction of sp³-hybridized carbons (Fsp3) is 0.500. The summed E-state index contributed by atoms with van der Waals surface area (Å²) in [7, 11) is 1.78. The lowest BCUT2D eigenvalue weighted by Gasteiger charge is -2.12. The van der Waals surface area contributed by atoms with E-state index in [2.05, 4.69) is 43.7 Å². The fourth-order valence-electron chi connectivity index (χ4n) is 1.53. The smallest absolute Gasteiger partial charge is 0.191 e. The second kappa shape index (κ2) is 12.4. The highest BCUT2D eigenvalue weighted by Crippen LogP contribution is 2.10. The average molecular weight is 456 g/mol. The molecule has 0 bridgehead atoms. The molecule has 0 aliphatic carbocycles. The Morgan fingerprint density at radius 3 is 2.55 bits per heavy atom. The molecular formula is C14H23BrIN3O. The van der Waals surface area contributed by atoms with Gasteiger partial charge in [0.1, 0.15) is 0 Å². The van der Waals surface area contributed by atoms with E-state index >= 15 is 0 Å². The minimum atomic E-state index is 0. The van der Waals surface area contributed by atoms with Gasteiger partial charge < -0.3 is 15.4 Å². The molecule has 0 saturated carbocycles. The molecule has 0 amide bonds. The molecule has 20 heavy (non-hydrogen) atoms. The van der Waals surface area contributed by atoms with E-state index in [9.17, 15) is 0 Å². The Bertz CT molecular complexity index is 385. The third-order valence-electron chi connectivity index (χ3n) is 2.56. The Hall–Kier alpha value is -0.340. The summed E-state index contributed by atoms with van der Waals surface area (Å²) in [5, 5.41) is 6.54. The summed E-state index contributed by atoms with van der Waals surface area (Å²) >= 11 is 3.43. The third kappa shape index (κ3) is 8.76. The lowest BCUT2D eigenvalue weighted by Crippen LogP contribution is -2.37. The van der Waals surface area contributed by atoms with Crippen molar-refractivity contribution in [3.05, 3.63) is 34.3 Å². The maximum Gasteiger partial charge on any atom is 0.191 e. The van der Waals surface area contributed by atoms with E-state index < -0.39 is 0 Å². The van der Waals surface area contributed by atoms with Gasteiger partial charge in [-0.05, 0) is 31.0 Å². The van der Waals surface area contributed by atoms with E-state index in [1.54, 1.807) is 7.05 Å². The Morgan fingerprint density at radius 1 is 1.25 bits per heavy atom. The zero-order valence-corrected chi connectivity index (χ0v) is 15.9. The summed E-state index contributed by atoms with van der Waals surface area (Å²) in [4.78, 5) is 4.18. The van der Waals surface area contributed by atoms with Crippen LogP contribution in [0.4, 0.5) is 0 Å². The first-order valence-electron chi connectivity index (χ1n) is 6.53. The van der Waals surface area contributed by atoms with Gasteiger partial charge in [-0.2, -0.15) is 0 Å². The van der Waals surface area contributed by atoms with Crippen LogP contribution in [0.3, 0.4) is 0 Å². The molecule has 6 heteroatoms. The minimum absolute atomic E-state index is 0. The van der Waals surface area contributed by atoms with E-state index in [1.807, 2.05) is 19.1 Å². The Labute approximate surface area is 146 Å². The number of hydrogen-bond donors (Lipinski definition) is 2. The maximum atomic E-state index is 5.28. The average Bonchev–Trinajstić information content (AvgIpc) is 2.44. The number of rotatable bonds is 7. The van der Waals surface area contributed by atoms with E-state index in [0.29, 0.717) is 0 Å². The highest BCUT2D eigenvalue weighted by Gasteiger charge is 1.98. The summed E-state index contributed by atoms with van der Waals surface area (Å²) in [6.45, 7) is 5.19. The van der Waals surface area contributed by atoms with E-state index in [1.165, 1.54) is 5.56 Å². The van der Waals surface area contributed by atoms with Crippen LogP contribution in [-0.4, -0.2) is 32.8 Å². The minimum Gasteiger partial charge on any atom is -0.382 e. The Kier molecular flexibility index (Phi) is 12.2. The number of hydrogen-bond acceptors (Lipinski definition) is 2. The lowest BCUT2D eigenvalue weighted by atomic mass is 10.2. The van der Waals surface area contributed by atoms with Crippen molar-refractivity contribution in [2.75, 3.05) is 26.8 Å². The highest BCUT2D eigenvalue weighted by molar-refractivity contribution is 14.0.